The maximum Gasteiger partial charge on any atom is 0.263 e. The Morgan fingerprint density at radius 2 is 1.76 bits per heavy atom. The Morgan fingerprint density at radius 1 is 1.18 bits per heavy atom. The summed E-state index contributed by atoms with van der Waals surface area (Å²) in [5, 5.41) is 12.5. The summed E-state index contributed by atoms with van der Waals surface area (Å²) in [6.07, 6.45) is 0.0568. The van der Waals surface area contributed by atoms with Gasteiger partial charge in [0.25, 0.3) is 6.43 Å². The van der Waals surface area contributed by atoms with E-state index in [9.17, 15) is 13.9 Å². The second kappa shape index (κ2) is 5.56. The summed E-state index contributed by atoms with van der Waals surface area (Å²) in [6.45, 7) is 0.878. The van der Waals surface area contributed by atoms with Crippen molar-refractivity contribution in [3.8, 4) is 0 Å². The smallest absolute Gasteiger partial charge is 0.263 e. The standard InChI is InChI=1S/C13H17F2NO/c14-13(15)11-5-3-10(4-6-11)12(8-17)16-7-9-1-2-9/h3-6,9,12-13,16-17H,1-2,7-8H2. The van der Waals surface area contributed by atoms with Crippen LogP contribution in [0.5, 0.6) is 0 Å². The third-order valence-electron chi connectivity index (χ3n) is 3.12. The van der Waals surface area contributed by atoms with Crippen molar-refractivity contribution >= 4 is 0 Å². The summed E-state index contributed by atoms with van der Waals surface area (Å²) < 4.78 is 24.8. The lowest BCUT2D eigenvalue weighted by molar-refractivity contribution is 0.151. The number of aliphatic hydroxyl groups is 1. The van der Waals surface area contributed by atoms with Gasteiger partial charge in [0.05, 0.1) is 12.6 Å². The molecule has 17 heavy (non-hydrogen) atoms. The summed E-state index contributed by atoms with van der Waals surface area (Å²) in [4.78, 5) is 0. The SMILES string of the molecule is OCC(NCC1CC1)c1ccc(C(F)F)cc1. The van der Waals surface area contributed by atoms with Gasteiger partial charge in [-0.3, -0.25) is 0 Å². The molecule has 1 fully saturated rings. The molecule has 1 aromatic rings. The Hall–Kier alpha value is -1.00. The first kappa shape index (κ1) is 12.5. The molecule has 1 aromatic carbocycles. The number of halogens is 2. The van der Waals surface area contributed by atoms with Crippen LogP contribution in [0, 0.1) is 5.92 Å². The molecule has 94 valence electrons. The molecule has 0 bridgehead atoms. The number of hydrogen-bond donors (Lipinski definition) is 2. The molecule has 4 heteroatoms. The average molecular weight is 241 g/mol. The monoisotopic (exact) mass is 241 g/mol. The summed E-state index contributed by atoms with van der Waals surface area (Å²) in [6, 6.07) is 6.00. The van der Waals surface area contributed by atoms with Gasteiger partial charge < -0.3 is 10.4 Å². The van der Waals surface area contributed by atoms with Gasteiger partial charge in [-0.1, -0.05) is 24.3 Å². The van der Waals surface area contributed by atoms with Crippen LogP contribution in [0.4, 0.5) is 8.78 Å². The minimum atomic E-state index is -2.43. The molecule has 1 atom stereocenters. The zero-order chi connectivity index (χ0) is 12.3. The summed E-state index contributed by atoms with van der Waals surface area (Å²) >= 11 is 0. The van der Waals surface area contributed by atoms with Crippen LogP contribution in [0.3, 0.4) is 0 Å². The average Bonchev–Trinajstić information content (AvgIpc) is 3.14. The molecule has 0 saturated heterocycles. The lowest BCUT2D eigenvalue weighted by Gasteiger charge is -2.16. The van der Waals surface area contributed by atoms with Crippen molar-refractivity contribution in [3.63, 3.8) is 0 Å². The van der Waals surface area contributed by atoms with Crippen LogP contribution in [0.15, 0.2) is 24.3 Å². The number of aliphatic hydroxyl groups excluding tert-OH is 1. The second-order valence-corrected chi connectivity index (χ2v) is 4.55. The van der Waals surface area contributed by atoms with Gasteiger partial charge in [-0.15, -0.1) is 0 Å². The minimum Gasteiger partial charge on any atom is -0.394 e. The van der Waals surface area contributed by atoms with Crippen molar-refractivity contribution in [1.82, 2.24) is 5.32 Å². The van der Waals surface area contributed by atoms with Crippen LogP contribution in [-0.4, -0.2) is 18.3 Å². The van der Waals surface area contributed by atoms with E-state index in [0.717, 1.165) is 18.0 Å². The number of rotatable bonds is 6. The molecule has 1 saturated carbocycles. The van der Waals surface area contributed by atoms with E-state index in [-0.39, 0.29) is 18.2 Å². The number of alkyl halides is 2. The molecule has 0 aliphatic heterocycles. The highest BCUT2D eigenvalue weighted by atomic mass is 19.3. The van der Waals surface area contributed by atoms with Gasteiger partial charge in [0.2, 0.25) is 0 Å². The Kier molecular flexibility index (Phi) is 4.07. The van der Waals surface area contributed by atoms with Gasteiger partial charge in [0.15, 0.2) is 0 Å². The van der Waals surface area contributed by atoms with Gasteiger partial charge in [-0.25, -0.2) is 8.78 Å². The van der Waals surface area contributed by atoms with E-state index in [2.05, 4.69) is 5.32 Å². The molecule has 2 N–H and O–H groups in total. The highest BCUT2D eigenvalue weighted by Gasteiger charge is 2.22. The van der Waals surface area contributed by atoms with E-state index >= 15 is 0 Å². The third kappa shape index (κ3) is 3.48. The zero-order valence-corrected chi connectivity index (χ0v) is 9.57. The molecule has 1 aliphatic rings. The van der Waals surface area contributed by atoms with E-state index in [0.29, 0.717) is 0 Å². The van der Waals surface area contributed by atoms with E-state index < -0.39 is 6.43 Å². The normalized spacial score (nSPS) is 17.4. The summed E-state index contributed by atoms with van der Waals surface area (Å²) in [7, 11) is 0. The highest BCUT2D eigenvalue weighted by Crippen LogP contribution is 2.28. The number of nitrogens with one attached hydrogen (secondary N) is 1. The van der Waals surface area contributed by atoms with Crippen LogP contribution in [0.1, 0.15) is 36.4 Å². The van der Waals surface area contributed by atoms with Gasteiger partial charge in [-0.05, 0) is 30.9 Å². The molecule has 0 aromatic heterocycles. The van der Waals surface area contributed by atoms with E-state index in [1.807, 2.05) is 0 Å². The fourth-order valence-electron chi connectivity index (χ4n) is 1.79. The topological polar surface area (TPSA) is 32.3 Å². The molecule has 2 rings (SSSR count). The first-order valence-corrected chi connectivity index (χ1v) is 5.93. The Labute approximate surface area is 99.7 Å². The van der Waals surface area contributed by atoms with Crippen molar-refractivity contribution in [3.05, 3.63) is 35.4 Å². The molecule has 2 nitrogen and oxygen atoms in total. The van der Waals surface area contributed by atoms with Crippen LogP contribution in [0.25, 0.3) is 0 Å². The van der Waals surface area contributed by atoms with Crippen LogP contribution >= 0.6 is 0 Å². The molecular formula is C13H17F2NO. The summed E-state index contributed by atoms with van der Waals surface area (Å²) in [5.41, 5.74) is 0.880. The predicted molar refractivity (Wildman–Crippen MR) is 62.0 cm³/mol. The first-order valence-electron chi connectivity index (χ1n) is 5.93. The van der Waals surface area contributed by atoms with Crippen LogP contribution in [0.2, 0.25) is 0 Å². The fraction of sp³-hybridized carbons (Fsp3) is 0.538. The van der Waals surface area contributed by atoms with E-state index in [4.69, 9.17) is 0 Å². The van der Waals surface area contributed by atoms with E-state index in [1.54, 1.807) is 12.1 Å². The minimum absolute atomic E-state index is 0.0131. The molecule has 0 amide bonds. The fourth-order valence-corrected chi connectivity index (χ4v) is 1.79. The molecular weight excluding hydrogens is 224 g/mol. The van der Waals surface area contributed by atoms with Crippen molar-refractivity contribution in [1.29, 1.82) is 0 Å². The Balaban J connectivity index is 1.96. The lowest BCUT2D eigenvalue weighted by Crippen LogP contribution is -2.26. The maximum atomic E-state index is 12.4. The van der Waals surface area contributed by atoms with Gasteiger partial charge in [0.1, 0.15) is 0 Å². The molecule has 0 radical (unpaired) electrons. The second-order valence-electron chi connectivity index (χ2n) is 4.55. The molecule has 1 aliphatic carbocycles. The van der Waals surface area contributed by atoms with Crippen molar-refractivity contribution < 1.29 is 13.9 Å². The quantitative estimate of drug-likeness (QED) is 0.802. The lowest BCUT2D eigenvalue weighted by atomic mass is 10.1. The third-order valence-corrected chi connectivity index (χ3v) is 3.12. The van der Waals surface area contributed by atoms with Crippen molar-refractivity contribution in [2.75, 3.05) is 13.2 Å². The Bertz CT molecular complexity index is 349. The molecule has 1 unspecified atom stereocenters. The molecule has 0 heterocycles. The van der Waals surface area contributed by atoms with Crippen molar-refractivity contribution in [2.24, 2.45) is 5.92 Å². The maximum absolute atomic E-state index is 12.4. The Morgan fingerprint density at radius 3 is 2.24 bits per heavy atom. The van der Waals surface area contributed by atoms with Crippen molar-refractivity contribution in [2.45, 2.75) is 25.3 Å². The molecule has 0 spiro atoms. The van der Waals surface area contributed by atoms with Crippen LogP contribution in [-0.2, 0) is 0 Å². The van der Waals surface area contributed by atoms with E-state index in [1.165, 1.54) is 25.0 Å². The first-order chi connectivity index (χ1) is 8.20. The number of hydrogen-bond acceptors (Lipinski definition) is 2. The highest BCUT2D eigenvalue weighted by molar-refractivity contribution is 5.25. The summed E-state index contributed by atoms with van der Waals surface area (Å²) in [5.74, 6) is 0.726. The van der Waals surface area contributed by atoms with Gasteiger partial charge in [-0.2, -0.15) is 0 Å². The largest absolute Gasteiger partial charge is 0.394 e. The van der Waals surface area contributed by atoms with Gasteiger partial charge in [0, 0.05) is 5.56 Å². The number of benzene rings is 1. The van der Waals surface area contributed by atoms with Crippen LogP contribution < -0.4 is 5.32 Å². The predicted octanol–water partition coefficient (Wildman–Crippen LogP) is 2.66. The van der Waals surface area contributed by atoms with Gasteiger partial charge >= 0.3 is 0 Å². The zero-order valence-electron chi connectivity index (χ0n) is 9.57.